The summed E-state index contributed by atoms with van der Waals surface area (Å²) in [6.07, 6.45) is 10.8. The number of nitrogens with zero attached hydrogens (tertiary/aromatic N) is 3. The standard InChI is InChI=1S/C21H37ClN.C4H6N4O3S2/c1-4-7-8-9-11-18-23(5-2,6-3)19-12-10-13-20-14-16-21(22)17-15-20;1-2(9)6-3-7-8-4(12-3)13(5,10)11/h14-17H,4-13,18-19H2,1-3H3;1H3,(H2,5,10,11)(H,6,7,9)/q+1;. The Kier molecular flexibility index (Phi) is 15.3. The average molecular weight is 561 g/mol. The Morgan fingerprint density at radius 3 is 2.06 bits per heavy atom. The fraction of sp³-hybridized carbons (Fsp3) is 0.640. The van der Waals surface area contributed by atoms with Crippen molar-refractivity contribution in [1.82, 2.24) is 10.2 Å². The highest BCUT2D eigenvalue weighted by Crippen LogP contribution is 2.18. The molecule has 0 unspecified atom stereocenters. The largest absolute Gasteiger partial charge is 0.324 e. The van der Waals surface area contributed by atoms with Gasteiger partial charge in [0.2, 0.25) is 15.4 Å². The van der Waals surface area contributed by atoms with Gasteiger partial charge in [-0.2, -0.15) is 0 Å². The summed E-state index contributed by atoms with van der Waals surface area (Å²) in [7, 11) is -3.82. The third-order valence-electron chi connectivity index (χ3n) is 6.27. The molecule has 0 aliphatic carbocycles. The number of sulfonamides is 1. The van der Waals surface area contributed by atoms with E-state index in [1.807, 2.05) is 12.1 Å². The number of amides is 1. The lowest BCUT2D eigenvalue weighted by atomic mass is 10.1. The van der Waals surface area contributed by atoms with E-state index >= 15 is 0 Å². The summed E-state index contributed by atoms with van der Waals surface area (Å²) in [5.41, 5.74) is 1.42. The molecule has 0 aliphatic heterocycles. The second-order valence-electron chi connectivity index (χ2n) is 9.02. The number of carbonyl (C=O) groups is 1. The molecule has 11 heteroatoms. The zero-order valence-electron chi connectivity index (χ0n) is 22.1. The molecule has 0 bridgehead atoms. The van der Waals surface area contributed by atoms with Crippen LogP contribution in [0.3, 0.4) is 0 Å². The third kappa shape index (κ3) is 13.1. The fourth-order valence-electron chi connectivity index (χ4n) is 3.97. The van der Waals surface area contributed by atoms with Crippen LogP contribution in [-0.2, 0) is 21.2 Å². The van der Waals surface area contributed by atoms with Crippen molar-refractivity contribution in [1.29, 1.82) is 0 Å². The number of aryl methyl sites for hydroxylation is 1. The molecule has 2 aromatic rings. The van der Waals surface area contributed by atoms with Crippen molar-refractivity contribution in [2.24, 2.45) is 5.14 Å². The normalized spacial score (nSPS) is 11.6. The summed E-state index contributed by atoms with van der Waals surface area (Å²) >= 11 is 6.65. The number of halogens is 1. The Balaban J connectivity index is 0.000000420. The van der Waals surface area contributed by atoms with E-state index in [1.165, 1.54) is 94.5 Å². The number of carbonyl (C=O) groups excluding carboxylic acids is 1. The minimum atomic E-state index is -3.82. The van der Waals surface area contributed by atoms with E-state index in [0.717, 1.165) is 5.02 Å². The molecule has 204 valence electrons. The van der Waals surface area contributed by atoms with Gasteiger partial charge in [-0.3, -0.25) is 4.79 Å². The Bertz CT molecular complexity index is 993. The molecule has 2 rings (SSSR count). The molecular weight excluding hydrogens is 518 g/mol. The maximum Gasteiger partial charge on any atom is 0.267 e. The van der Waals surface area contributed by atoms with Crippen LogP contribution in [0.5, 0.6) is 0 Å². The van der Waals surface area contributed by atoms with Gasteiger partial charge in [-0.05, 0) is 63.6 Å². The summed E-state index contributed by atoms with van der Waals surface area (Å²) in [4.78, 5) is 10.5. The Morgan fingerprint density at radius 2 is 1.56 bits per heavy atom. The van der Waals surface area contributed by atoms with E-state index < -0.39 is 10.0 Å². The topological polar surface area (TPSA) is 115 Å². The molecule has 8 nitrogen and oxygen atoms in total. The lowest BCUT2D eigenvalue weighted by Crippen LogP contribution is -2.49. The number of aromatic nitrogens is 2. The van der Waals surface area contributed by atoms with Crippen molar-refractivity contribution in [2.75, 3.05) is 31.5 Å². The molecule has 0 spiro atoms. The van der Waals surface area contributed by atoms with Crippen molar-refractivity contribution >= 4 is 44.0 Å². The second-order valence-corrected chi connectivity index (χ2v) is 12.2. The molecule has 0 aliphatic rings. The molecule has 0 radical (unpaired) electrons. The third-order valence-corrected chi connectivity index (χ3v) is 8.67. The van der Waals surface area contributed by atoms with Gasteiger partial charge in [0.15, 0.2) is 0 Å². The lowest BCUT2D eigenvalue weighted by molar-refractivity contribution is -0.925. The first-order valence-electron chi connectivity index (χ1n) is 12.8. The molecule has 1 amide bonds. The number of nitrogens with two attached hydrogens (primary N) is 1. The van der Waals surface area contributed by atoms with Gasteiger partial charge in [0.25, 0.3) is 10.0 Å². The highest BCUT2D eigenvalue weighted by molar-refractivity contribution is 7.91. The molecule has 0 fully saturated rings. The van der Waals surface area contributed by atoms with Gasteiger partial charge < -0.3 is 9.80 Å². The van der Waals surface area contributed by atoms with Gasteiger partial charge in [-0.15, -0.1) is 10.2 Å². The number of quaternary nitrogens is 1. The summed E-state index contributed by atoms with van der Waals surface area (Å²) in [6, 6.07) is 8.34. The zero-order chi connectivity index (χ0) is 27.0. The molecule has 3 N–H and O–H groups in total. The van der Waals surface area contributed by atoms with Crippen molar-refractivity contribution in [3.63, 3.8) is 0 Å². The van der Waals surface area contributed by atoms with Gasteiger partial charge in [0.1, 0.15) is 0 Å². The summed E-state index contributed by atoms with van der Waals surface area (Å²) in [6.45, 7) is 13.6. The van der Waals surface area contributed by atoms with Crippen LogP contribution in [0.4, 0.5) is 5.13 Å². The van der Waals surface area contributed by atoms with Crippen LogP contribution >= 0.6 is 22.9 Å². The first-order valence-corrected chi connectivity index (χ1v) is 15.5. The number of primary sulfonamides is 1. The zero-order valence-corrected chi connectivity index (χ0v) is 24.5. The maximum absolute atomic E-state index is 10.7. The van der Waals surface area contributed by atoms with E-state index in [9.17, 15) is 13.2 Å². The molecular formula is C25H43ClN5O3S2+. The predicted octanol–water partition coefficient (Wildman–Crippen LogP) is 5.63. The van der Waals surface area contributed by atoms with Crippen LogP contribution < -0.4 is 10.5 Å². The molecule has 1 aromatic carbocycles. The fourth-order valence-corrected chi connectivity index (χ4v) is 5.48. The highest BCUT2D eigenvalue weighted by Gasteiger charge is 2.21. The van der Waals surface area contributed by atoms with Crippen molar-refractivity contribution in [3.05, 3.63) is 34.9 Å². The summed E-state index contributed by atoms with van der Waals surface area (Å²) < 4.78 is 22.4. The van der Waals surface area contributed by atoms with E-state index in [-0.39, 0.29) is 15.4 Å². The first kappa shape index (κ1) is 32.4. The minimum absolute atomic E-state index is 0.108. The van der Waals surface area contributed by atoms with Gasteiger partial charge in [-0.25, -0.2) is 13.6 Å². The molecule has 0 saturated heterocycles. The minimum Gasteiger partial charge on any atom is -0.324 e. The lowest BCUT2D eigenvalue weighted by Gasteiger charge is -2.37. The molecule has 36 heavy (non-hydrogen) atoms. The van der Waals surface area contributed by atoms with Crippen molar-refractivity contribution in [2.45, 2.75) is 83.4 Å². The SMILES string of the molecule is CC(=O)Nc1nnc(S(N)(=O)=O)s1.CCCCCCC[N+](CC)(CC)CCCCc1ccc(Cl)cc1. The van der Waals surface area contributed by atoms with E-state index in [0.29, 0.717) is 11.3 Å². The maximum atomic E-state index is 10.7. The van der Waals surface area contributed by atoms with Crippen LogP contribution in [0, 0.1) is 0 Å². The van der Waals surface area contributed by atoms with Crippen molar-refractivity contribution < 1.29 is 17.7 Å². The summed E-state index contributed by atoms with van der Waals surface area (Å²) in [5, 5.41) is 14.7. The monoisotopic (exact) mass is 560 g/mol. The summed E-state index contributed by atoms with van der Waals surface area (Å²) in [5.74, 6) is -0.350. The van der Waals surface area contributed by atoms with E-state index in [2.05, 4.69) is 48.4 Å². The number of nitrogens with one attached hydrogen (secondary N) is 1. The van der Waals surface area contributed by atoms with Crippen molar-refractivity contribution in [3.8, 4) is 0 Å². The van der Waals surface area contributed by atoms with Crippen LogP contribution in [0.1, 0.15) is 78.2 Å². The quantitative estimate of drug-likeness (QED) is 0.166. The van der Waals surface area contributed by atoms with Crippen LogP contribution in [0.15, 0.2) is 28.6 Å². The number of benzene rings is 1. The first-order chi connectivity index (χ1) is 17.0. The van der Waals surface area contributed by atoms with Gasteiger partial charge in [0.05, 0.1) is 26.2 Å². The smallest absolute Gasteiger partial charge is 0.267 e. The van der Waals surface area contributed by atoms with Gasteiger partial charge in [-0.1, -0.05) is 61.3 Å². The Labute approximate surface area is 226 Å². The van der Waals surface area contributed by atoms with Crippen LogP contribution in [0.2, 0.25) is 5.02 Å². The molecule has 1 aromatic heterocycles. The van der Waals surface area contributed by atoms with E-state index in [1.54, 1.807) is 0 Å². The Morgan fingerprint density at radius 1 is 0.972 bits per heavy atom. The number of hydrogen-bond donors (Lipinski definition) is 2. The molecule has 0 atom stereocenters. The van der Waals surface area contributed by atoms with Gasteiger partial charge in [0, 0.05) is 11.9 Å². The second kappa shape index (κ2) is 17.0. The molecule has 0 saturated carbocycles. The average Bonchev–Trinajstić information content (AvgIpc) is 3.30. The highest BCUT2D eigenvalue weighted by atomic mass is 35.5. The Hall–Kier alpha value is -1.59. The number of anilines is 1. The molecule has 1 heterocycles. The predicted molar refractivity (Wildman–Crippen MR) is 150 cm³/mol. The van der Waals surface area contributed by atoms with Crippen LogP contribution in [-0.4, -0.2) is 55.2 Å². The number of rotatable bonds is 15. The number of hydrogen-bond acceptors (Lipinski definition) is 6. The van der Waals surface area contributed by atoms with Gasteiger partial charge >= 0.3 is 0 Å². The van der Waals surface area contributed by atoms with E-state index in [4.69, 9.17) is 16.7 Å². The number of unbranched alkanes of at least 4 members (excludes halogenated alkanes) is 5. The van der Waals surface area contributed by atoms with Crippen LogP contribution in [0.25, 0.3) is 0 Å².